The van der Waals surface area contributed by atoms with E-state index in [-0.39, 0.29) is 12.3 Å². The van der Waals surface area contributed by atoms with Gasteiger partial charge in [0.1, 0.15) is 0 Å². The van der Waals surface area contributed by atoms with Gasteiger partial charge in [-0.1, -0.05) is 26.2 Å². The first-order valence-electron chi connectivity index (χ1n) is 7.54. The lowest BCUT2D eigenvalue weighted by atomic mass is 9.82. The molecule has 2 N–H and O–H groups in total. The highest BCUT2D eigenvalue weighted by Crippen LogP contribution is 2.30. The fraction of sp³-hybridized carbons (Fsp3) is 0.733. The summed E-state index contributed by atoms with van der Waals surface area (Å²) in [5.74, 6) is 0.279. The van der Waals surface area contributed by atoms with Crippen molar-refractivity contribution >= 4 is 5.91 Å². The molecule has 0 radical (unpaired) electrons. The molecular formula is C15H25N3O2. The van der Waals surface area contributed by atoms with Gasteiger partial charge < -0.3 is 10.4 Å². The third-order valence-corrected chi connectivity index (χ3v) is 3.98. The summed E-state index contributed by atoms with van der Waals surface area (Å²) in [4.78, 5) is 11.9. The largest absolute Gasteiger partial charge is 0.389 e. The Morgan fingerprint density at radius 2 is 2.20 bits per heavy atom. The van der Waals surface area contributed by atoms with Crippen LogP contribution in [-0.2, 0) is 11.3 Å². The molecule has 1 heterocycles. The number of amides is 1. The molecule has 1 atom stereocenters. The van der Waals surface area contributed by atoms with Crippen molar-refractivity contribution in [2.45, 2.75) is 57.6 Å². The van der Waals surface area contributed by atoms with Crippen LogP contribution in [0.15, 0.2) is 18.5 Å². The Bertz CT molecular complexity index is 411. The molecule has 2 rings (SSSR count). The number of rotatable bonds is 6. The standard InChI is InChI=1S/C15H25N3O2/c1-13(12-18-9-5-8-17-18)11-16-14(19)10-15(20)6-3-2-4-7-15/h5,8-9,13,20H,2-4,6-7,10-12H2,1H3,(H,16,19). The van der Waals surface area contributed by atoms with Crippen LogP contribution < -0.4 is 5.32 Å². The maximum Gasteiger partial charge on any atom is 0.222 e. The summed E-state index contributed by atoms with van der Waals surface area (Å²) in [6.07, 6.45) is 8.64. The van der Waals surface area contributed by atoms with Crippen molar-refractivity contribution in [2.75, 3.05) is 6.54 Å². The van der Waals surface area contributed by atoms with Crippen molar-refractivity contribution in [1.82, 2.24) is 15.1 Å². The minimum absolute atomic E-state index is 0.0401. The zero-order chi connectivity index (χ0) is 14.4. The van der Waals surface area contributed by atoms with Crippen LogP contribution in [0, 0.1) is 5.92 Å². The summed E-state index contributed by atoms with van der Waals surface area (Å²) in [6, 6.07) is 1.89. The second kappa shape index (κ2) is 6.88. The number of hydrogen-bond donors (Lipinski definition) is 2. The summed E-state index contributed by atoms with van der Waals surface area (Å²) in [5, 5.41) is 17.4. The average Bonchev–Trinajstić information content (AvgIpc) is 2.89. The van der Waals surface area contributed by atoms with Gasteiger partial charge in [0.15, 0.2) is 0 Å². The van der Waals surface area contributed by atoms with Gasteiger partial charge in [0.25, 0.3) is 0 Å². The Labute approximate surface area is 120 Å². The fourth-order valence-corrected chi connectivity index (χ4v) is 2.83. The van der Waals surface area contributed by atoms with E-state index < -0.39 is 5.60 Å². The second-order valence-corrected chi connectivity index (χ2v) is 6.10. The zero-order valence-corrected chi connectivity index (χ0v) is 12.2. The molecule has 112 valence electrons. The van der Waals surface area contributed by atoms with Crippen molar-refractivity contribution in [3.8, 4) is 0 Å². The molecule has 5 nitrogen and oxygen atoms in total. The monoisotopic (exact) mass is 279 g/mol. The Kier molecular flexibility index (Phi) is 5.17. The molecule has 5 heteroatoms. The third kappa shape index (κ3) is 4.63. The summed E-state index contributed by atoms with van der Waals surface area (Å²) in [5.41, 5.74) is -0.770. The highest BCUT2D eigenvalue weighted by atomic mass is 16.3. The predicted octanol–water partition coefficient (Wildman–Crippen LogP) is 1.72. The molecule has 20 heavy (non-hydrogen) atoms. The van der Waals surface area contributed by atoms with Crippen molar-refractivity contribution in [2.24, 2.45) is 5.92 Å². The summed E-state index contributed by atoms with van der Waals surface area (Å²) >= 11 is 0. The van der Waals surface area contributed by atoms with Crippen LogP contribution in [-0.4, -0.2) is 32.9 Å². The molecule has 1 aromatic rings. The number of carbonyl (C=O) groups is 1. The summed E-state index contributed by atoms with van der Waals surface area (Å²) < 4.78 is 1.87. The van der Waals surface area contributed by atoms with Crippen LogP contribution in [0.5, 0.6) is 0 Å². The van der Waals surface area contributed by atoms with Crippen LogP contribution in [0.1, 0.15) is 45.4 Å². The number of carbonyl (C=O) groups excluding carboxylic acids is 1. The van der Waals surface area contributed by atoms with Gasteiger partial charge in [-0.2, -0.15) is 5.10 Å². The quantitative estimate of drug-likeness (QED) is 0.833. The molecule has 1 unspecified atom stereocenters. The van der Waals surface area contributed by atoms with E-state index in [0.717, 1.165) is 32.2 Å². The zero-order valence-electron chi connectivity index (χ0n) is 12.2. The molecule has 0 saturated heterocycles. The predicted molar refractivity (Wildman–Crippen MR) is 77.1 cm³/mol. The number of nitrogens with one attached hydrogen (secondary N) is 1. The lowest BCUT2D eigenvalue weighted by molar-refractivity contribution is -0.127. The van der Waals surface area contributed by atoms with Crippen molar-refractivity contribution in [3.63, 3.8) is 0 Å². The minimum Gasteiger partial charge on any atom is -0.389 e. The highest BCUT2D eigenvalue weighted by molar-refractivity contribution is 5.77. The van der Waals surface area contributed by atoms with Gasteiger partial charge in [-0.3, -0.25) is 9.48 Å². The number of nitrogens with zero attached hydrogens (tertiary/aromatic N) is 2. The van der Waals surface area contributed by atoms with Gasteiger partial charge in [0.05, 0.1) is 12.0 Å². The van der Waals surface area contributed by atoms with E-state index >= 15 is 0 Å². The van der Waals surface area contributed by atoms with Crippen molar-refractivity contribution < 1.29 is 9.90 Å². The molecule has 1 aliphatic rings. The lowest BCUT2D eigenvalue weighted by Gasteiger charge is -2.31. The maximum atomic E-state index is 11.9. The first kappa shape index (κ1) is 15.0. The normalized spacial score (nSPS) is 19.5. The van der Waals surface area contributed by atoms with Gasteiger partial charge in [-0.05, 0) is 24.8 Å². The van der Waals surface area contributed by atoms with Crippen LogP contribution in [0.4, 0.5) is 0 Å². The first-order valence-corrected chi connectivity index (χ1v) is 7.54. The smallest absolute Gasteiger partial charge is 0.222 e. The molecule has 0 aliphatic heterocycles. The van der Waals surface area contributed by atoms with E-state index in [2.05, 4.69) is 17.3 Å². The van der Waals surface area contributed by atoms with Crippen LogP contribution in [0.2, 0.25) is 0 Å². The fourth-order valence-electron chi connectivity index (χ4n) is 2.83. The molecule has 1 aliphatic carbocycles. The van der Waals surface area contributed by atoms with Gasteiger partial charge in [-0.25, -0.2) is 0 Å². The molecule has 1 fully saturated rings. The molecular weight excluding hydrogens is 254 g/mol. The van der Waals surface area contributed by atoms with Crippen LogP contribution in [0.25, 0.3) is 0 Å². The number of hydrogen-bond acceptors (Lipinski definition) is 3. The molecule has 1 saturated carbocycles. The van der Waals surface area contributed by atoms with Gasteiger partial charge in [-0.15, -0.1) is 0 Å². The molecule has 0 aromatic carbocycles. The Hall–Kier alpha value is -1.36. The minimum atomic E-state index is -0.770. The van der Waals surface area contributed by atoms with E-state index in [0.29, 0.717) is 12.5 Å². The Morgan fingerprint density at radius 3 is 2.85 bits per heavy atom. The average molecular weight is 279 g/mol. The molecule has 1 aromatic heterocycles. The van der Waals surface area contributed by atoms with Gasteiger partial charge in [0.2, 0.25) is 5.91 Å². The van der Waals surface area contributed by atoms with Gasteiger partial charge >= 0.3 is 0 Å². The summed E-state index contributed by atoms with van der Waals surface area (Å²) in [7, 11) is 0. The van der Waals surface area contributed by atoms with E-state index in [1.807, 2.05) is 16.9 Å². The van der Waals surface area contributed by atoms with E-state index in [1.54, 1.807) is 6.20 Å². The number of aromatic nitrogens is 2. The van der Waals surface area contributed by atoms with Crippen LogP contribution in [0.3, 0.4) is 0 Å². The second-order valence-electron chi connectivity index (χ2n) is 6.10. The maximum absolute atomic E-state index is 11.9. The van der Waals surface area contributed by atoms with Crippen molar-refractivity contribution in [3.05, 3.63) is 18.5 Å². The lowest BCUT2D eigenvalue weighted by Crippen LogP contribution is -2.39. The van der Waals surface area contributed by atoms with Gasteiger partial charge in [0, 0.05) is 25.5 Å². The third-order valence-electron chi connectivity index (χ3n) is 3.98. The van der Waals surface area contributed by atoms with E-state index in [9.17, 15) is 9.90 Å². The molecule has 0 bridgehead atoms. The summed E-state index contributed by atoms with van der Waals surface area (Å²) in [6.45, 7) is 3.49. The van der Waals surface area contributed by atoms with E-state index in [4.69, 9.17) is 0 Å². The number of aliphatic hydroxyl groups is 1. The highest BCUT2D eigenvalue weighted by Gasteiger charge is 2.31. The van der Waals surface area contributed by atoms with Crippen molar-refractivity contribution in [1.29, 1.82) is 0 Å². The SMILES string of the molecule is CC(CNC(=O)CC1(O)CCCCC1)Cn1cccn1. The van der Waals surface area contributed by atoms with E-state index in [1.165, 1.54) is 6.42 Å². The molecule has 0 spiro atoms. The first-order chi connectivity index (χ1) is 9.57. The molecule has 1 amide bonds. The topological polar surface area (TPSA) is 67.2 Å². The Balaban J connectivity index is 1.69. The van der Waals surface area contributed by atoms with Crippen LogP contribution >= 0.6 is 0 Å². The Morgan fingerprint density at radius 1 is 1.45 bits per heavy atom.